The van der Waals surface area contributed by atoms with Crippen molar-refractivity contribution in [1.82, 2.24) is 0 Å². The molecule has 0 aliphatic carbocycles. The van der Waals surface area contributed by atoms with Gasteiger partial charge in [-0.2, -0.15) is 0 Å². The van der Waals surface area contributed by atoms with E-state index in [-0.39, 0.29) is 153 Å². The van der Waals surface area contributed by atoms with Crippen LogP contribution in [0.1, 0.15) is 24.0 Å². The van der Waals surface area contributed by atoms with E-state index in [0.717, 1.165) is 0 Å². The zero-order chi connectivity index (χ0) is 27.4. The zero-order valence-corrected chi connectivity index (χ0v) is 28.1. The first-order valence-corrected chi connectivity index (χ1v) is 10.7. The van der Waals surface area contributed by atoms with Gasteiger partial charge in [0.25, 0.3) is 0 Å². The van der Waals surface area contributed by atoms with Gasteiger partial charge in [0.2, 0.25) is 0 Å². The third kappa shape index (κ3) is 14.3. The van der Waals surface area contributed by atoms with Gasteiger partial charge in [-0.1, -0.05) is 24.3 Å². The summed E-state index contributed by atoms with van der Waals surface area (Å²) in [5, 5.41) is 58.0. The molecule has 2 rings (SSSR count). The normalized spacial score (nSPS) is 9.53. The van der Waals surface area contributed by atoms with Crippen molar-refractivity contribution in [3.63, 3.8) is 0 Å². The molecule has 0 amide bonds. The number of likely N-dealkylation sites (N-methyl/N-ethyl adjacent to an activating group) is 2. The summed E-state index contributed by atoms with van der Waals surface area (Å²) in [6.07, 6.45) is -0.106. The number of nitrogens with zero attached hydrogens (tertiary/aromatic N) is 2. The van der Waals surface area contributed by atoms with E-state index < -0.39 is 23.9 Å². The summed E-state index contributed by atoms with van der Waals surface area (Å²) in [6, 6.07) is 9.60. The summed E-state index contributed by atoms with van der Waals surface area (Å²) in [5.74, 6) is -4.61. The molecule has 0 bridgehead atoms. The molecular formula is C24H28K2N2O10. The Labute approximate surface area is 305 Å². The van der Waals surface area contributed by atoms with Gasteiger partial charge < -0.3 is 50.0 Å². The van der Waals surface area contributed by atoms with Gasteiger partial charge in [-0.05, 0) is 48.9 Å². The number of carbonyl (C=O) groups excluding carboxylic acids is 2. The van der Waals surface area contributed by atoms with Crippen LogP contribution < -0.4 is 123 Å². The quantitative estimate of drug-likeness (QED) is 0.173. The van der Waals surface area contributed by atoms with Crippen molar-refractivity contribution in [2.75, 3.05) is 37.0 Å². The van der Waals surface area contributed by atoms with Gasteiger partial charge in [-0.3, -0.25) is 9.59 Å². The summed E-state index contributed by atoms with van der Waals surface area (Å²) in [6.45, 7) is -0.505. The Hall–Kier alpha value is -1.21. The van der Waals surface area contributed by atoms with Crippen molar-refractivity contribution in [3.8, 4) is 11.5 Å². The molecule has 0 unspecified atom stereocenters. The second-order valence-electron chi connectivity index (χ2n) is 7.81. The maximum atomic E-state index is 10.6. The number of phenols is 2. The third-order valence-corrected chi connectivity index (χ3v) is 4.96. The number of hydrogen-bond donors (Lipinski definition) is 4. The van der Waals surface area contributed by atoms with Crippen LogP contribution in [0.5, 0.6) is 11.5 Å². The van der Waals surface area contributed by atoms with Crippen molar-refractivity contribution in [2.45, 2.75) is 25.7 Å². The van der Waals surface area contributed by atoms with Gasteiger partial charge in [0, 0.05) is 26.0 Å². The number of carboxylic acid groups (broad SMARTS) is 4. The second kappa shape index (κ2) is 19.8. The molecule has 0 saturated heterocycles. The minimum Gasteiger partial charge on any atom is -0.550 e. The van der Waals surface area contributed by atoms with E-state index in [1.54, 1.807) is 36.4 Å². The molecule has 38 heavy (non-hydrogen) atoms. The molecule has 0 saturated carbocycles. The van der Waals surface area contributed by atoms with Crippen LogP contribution in [0.15, 0.2) is 36.4 Å². The SMILES string of the molecule is CN(CC(=O)O)c1cccc(CCC(=O)[O-])c1O.CN(CC(=O)O)c1cccc(CCC(=O)[O-])c1O.[K+].[K+]. The maximum absolute atomic E-state index is 10.6. The Kier molecular flexibility index (Phi) is 20.3. The topological polar surface area (TPSA) is 202 Å². The Bertz CT molecular complexity index is 1010. The van der Waals surface area contributed by atoms with Gasteiger partial charge in [-0.25, -0.2) is 0 Å². The molecule has 0 heterocycles. The van der Waals surface area contributed by atoms with Crippen LogP contribution in [0.3, 0.4) is 0 Å². The first kappa shape index (κ1) is 38.9. The molecule has 0 aromatic heterocycles. The fraction of sp³-hybridized carbons (Fsp3) is 0.333. The number of rotatable bonds is 12. The molecular weight excluding hydrogens is 554 g/mol. The number of aromatic hydroxyl groups is 2. The number of phenolic OH excluding ortho intramolecular Hbond substituents is 2. The molecule has 2 aromatic rings. The maximum Gasteiger partial charge on any atom is 1.00 e. The molecule has 0 radical (unpaired) electrons. The monoisotopic (exact) mass is 582 g/mol. The summed E-state index contributed by atoms with van der Waals surface area (Å²) in [5.41, 5.74) is 1.62. The van der Waals surface area contributed by atoms with E-state index in [1.807, 2.05) is 0 Å². The fourth-order valence-corrected chi connectivity index (χ4v) is 3.22. The van der Waals surface area contributed by atoms with E-state index in [4.69, 9.17) is 10.2 Å². The van der Waals surface area contributed by atoms with Crippen LogP contribution in [0, 0.1) is 0 Å². The number of benzene rings is 2. The number of carbonyl (C=O) groups is 4. The van der Waals surface area contributed by atoms with E-state index >= 15 is 0 Å². The number of aryl methyl sites for hydroxylation is 2. The standard InChI is InChI=1S/2C12H15NO5.2K/c2*1-13(7-11(16)17)9-4-2-3-8(12(9)18)5-6-10(14)15;;/h2*2-4,18H,5-7H2,1H3,(H,14,15)(H,16,17);;/q;;2*+1/p-2. The van der Waals surface area contributed by atoms with Crippen LogP contribution in [-0.2, 0) is 32.0 Å². The van der Waals surface area contributed by atoms with Crippen LogP contribution in [0.4, 0.5) is 11.4 Å². The van der Waals surface area contributed by atoms with Crippen LogP contribution in [-0.4, -0.2) is 71.5 Å². The molecule has 0 spiro atoms. The molecule has 12 nitrogen and oxygen atoms in total. The molecule has 196 valence electrons. The van der Waals surface area contributed by atoms with Gasteiger partial charge in [0.05, 0.1) is 11.4 Å². The molecule has 4 N–H and O–H groups in total. The van der Waals surface area contributed by atoms with Crippen LogP contribution >= 0.6 is 0 Å². The number of aliphatic carboxylic acids is 4. The van der Waals surface area contributed by atoms with E-state index in [9.17, 15) is 39.6 Å². The number of anilines is 2. The van der Waals surface area contributed by atoms with E-state index in [0.29, 0.717) is 22.5 Å². The predicted molar refractivity (Wildman–Crippen MR) is 125 cm³/mol. The average Bonchev–Trinajstić information content (AvgIpc) is 2.77. The summed E-state index contributed by atoms with van der Waals surface area (Å²) in [4.78, 5) is 44.7. The molecule has 0 fully saturated rings. The Balaban J connectivity index is 0. The summed E-state index contributed by atoms with van der Waals surface area (Å²) >= 11 is 0. The van der Waals surface area contributed by atoms with Gasteiger partial charge in [0.1, 0.15) is 24.6 Å². The summed E-state index contributed by atoms with van der Waals surface area (Å²) in [7, 11) is 3.07. The number of carboxylic acids is 4. The Morgan fingerprint density at radius 1 is 0.684 bits per heavy atom. The Morgan fingerprint density at radius 3 is 1.26 bits per heavy atom. The van der Waals surface area contributed by atoms with E-state index in [2.05, 4.69) is 0 Å². The van der Waals surface area contributed by atoms with Crippen molar-refractivity contribution < 1.29 is 153 Å². The van der Waals surface area contributed by atoms with Crippen LogP contribution in [0.2, 0.25) is 0 Å². The van der Waals surface area contributed by atoms with Gasteiger partial charge >= 0.3 is 115 Å². The molecule has 0 atom stereocenters. The van der Waals surface area contributed by atoms with E-state index in [1.165, 1.54) is 23.9 Å². The Morgan fingerprint density at radius 2 is 1.00 bits per heavy atom. The van der Waals surface area contributed by atoms with Gasteiger partial charge in [0.15, 0.2) is 0 Å². The second-order valence-corrected chi connectivity index (χ2v) is 7.81. The molecule has 0 aliphatic heterocycles. The third-order valence-electron chi connectivity index (χ3n) is 4.96. The van der Waals surface area contributed by atoms with Gasteiger partial charge in [-0.15, -0.1) is 0 Å². The number of para-hydroxylation sites is 2. The molecule has 2 aromatic carbocycles. The van der Waals surface area contributed by atoms with Crippen molar-refractivity contribution in [2.24, 2.45) is 0 Å². The van der Waals surface area contributed by atoms with Crippen LogP contribution in [0.25, 0.3) is 0 Å². The first-order chi connectivity index (χ1) is 16.8. The van der Waals surface area contributed by atoms with Crippen molar-refractivity contribution in [3.05, 3.63) is 47.5 Å². The molecule has 0 aliphatic rings. The first-order valence-electron chi connectivity index (χ1n) is 10.7. The molecule has 14 heteroatoms. The largest absolute Gasteiger partial charge is 1.00 e. The minimum atomic E-state index is -1.20. The fourth-order valence-electron chi connectivity index (χ4n) is 3.22. The minimum absolute atomic E-state index is 0. The van der Waals surface area contributed by atoms with Crippen molar-refractivity contribution >= 4 is 35.3 Å². The van der Waals surface area contributed by atoms with Crippen molar-refractivity contribution in [1.29, 1.82) is 0 Å². The summed E-state index contributed by atoms with van der Waals surface area (Å²) < 4.78 is 0. The smallest absolute Gasteiger partial charge is 0.550 e. The number of hydrogen-bond acceptors (Lipinski definition) is 10. The zero-order valence-electron chi connectivity index (χ0n) is 21.8. The average molecular weight is 583 g/mol. The predicted octanol–water partition coefficient (Wildman–Crippen LogP) is -6.80.